The third kappa shape index (κ3) is 3.45. The van der Waals surface area contributed by atoms with Crippen LogP contribution in [-0.2, 0) is 11.2 Å². The molecule has 0 saturated heterocycles. The molecule has 3 nitrogen and oxygen atoms in total. The first-order valence-electron chi connectivity index (χ1n) is 6.30. The molecule has 2 rings (SSSR count). The number of aliphatic hydroxyl groups is 1. The number of carbonyl (C=O) groups is 1. The van der Waals surface area contributed by atoms with Crippen molar-refractivity contribution >= 4 is 17.5 Å². The first kappa shape index (κ1) is 14.3. The lowest BCUT2D eigenvalue weighted by atomic mass is 9.96. The fourth-order valence-corrected chi connectivity index (χ4v) is 2.43. The van der Waals surface area contributed by atoms with Crippen LogP contribution in [0.3, 0.4) is 0 Å². The number of halogens is 2. The summed E-state index contributed by atoms with van der Waals surface area (Å²) in [5.74, 6) is -0.297. The number of hydrogen-bond donors (Lipinski definition) is 2. The summed E-state index contributed by atoms with van der Waals surface area (Å²) in [5, 5.41) is 12.5. The van der Waals surface area contributed by atoms with E-state index in [0.29, 0.717) is 11.5 Å². The van der Waals surface area contributed by atoms with Gasteiger partial charge in [-0.1, -0.05) is 17.7 Å². The average Bonchev–Trinajstić information content (AvgIpc) is 3.17. The fourth-order valence-electron chi connectivity index (χ4n) is 2.19. The highest BCUT2D eigenvalue weighted by Gasteiger charge is 2.42. The predicted molar refractivity (Wildman–Crippen MR) is 71.5 cm³/mol. The van der Waals surface area contributed by atoms with Crippen LogP contribution in [-0.4, -0.2) is 23.2 Å². The zero-order valence-electron chi connectivity index (χ0n) is 10.7. The summed E-state index contributed by atoms with van der Waals surface area (Å²) in [6.07, 6.45) is 2.13. The molecule has 5 heteroatoms. The molecule has 1 aromatic carbocycles. The zero-order chi connectivity index (χ0) is 14.0. The van der Waals surface area contributed by atoms with Crippen molar-refractivity contribution in [2.75, 3.05) is 6.61 Å². The number of aliphatic hydroxyl groups excluding tert-OH is 1. The third-order valence-electron chi connectivity index (χ3n) is 3.60. The van der Waals surface area contributed by atoms with Crippen molar-refractivity contribution in [3.8, 4) is 0 Å². The van der Waals surface area contributed by atoms with Crippen LogP contribution < -0.4 is 5.32 Å². The Balaban J connectivity index is 2.00. The lowest BCUT2D eigenvalue weighted by Crippen LogP contribution is -2.51. The van der Waals surface area contributed by atoms with Crippen molar-refractivity contribution in [1.29, 1.82) is 0 Å². The maximum absolute atomic E-state index is 12.9. The lowest BCUT2D eigenvalue weighted by Gasteiger charge is -2.28. The van der Waals surface area contributed by atoms with E-state index in [2.05, 4.69) is 5.32 Å². The van der Waals surface area contributed by atoms with Crippen molar-refractivity contribution in [3.63, 3.8) is 0 Å². The number of carbonyl (C=O) groups excluding carboxylic acids is 1. The molecular weight excluding hydrogens is 269 g/mol. The van der Waals surface area contributed by atoms with Gasteiger partial charge in [-0.25, -0.2) is 4.39 Å². The molecule has 19 heavy (non-hydrogen) atoms. The molecule has 0 aliphatic heterocycles. The Kier molecular flexibility index (Phi) is 4.11. The first-order chi connectivity index (χ1) is 8.94. The normalized spacial score (nSPS) is 17.9. The van der Waals surface area contributed by atoms with Gasteiger partial charge in [-0.3, -0.25) is 4.79 Å². The van der Waals surface area contributed by atoms with Crippen molar-refractivity contribution in [1.82, 2.24) is 5.32 Å². The number of nitrogens with one attached hydrogen (secondary N) is 1. The lowest BCUT2D eigenvalue weighted by molar-refractivity contribution is -0.123. The summed E-state index contributed by atoms with van der Waals surface area (Å²) in [4.78, 5) is 12.0. The molecule has 1 amide bonds. The molecule has 1 saturated carbocycles. The van der Waals surface area contributed by atoms with Crippen LogP contribution in [0.1, 0.15) is 25.3 Å². The summed E-state index contributed by atoms with van der Waals surface area (Å²) in [6.45, 7) is 1.76. The van der Waals surface area contributed by atoms with Crippen LogP contribution in [0.2, 0.25) is 5.02 Å². The van der Waals surface area contributed by atoms with Gasteiger partial charge in [0.1, 0.15) is 5.82 Å². The van der Waals surface area contributed by atoms with Crippen molar-refractivity contribution in [2.45, 2.75) is 31.7 Å². The molecular formula is C14H17ClFNO2. The Labute approximate surface area is 116 Å². The van der Waals surface area contributed by atoms with Crippen molar-refractivity contribution in [3.05, 3.63) is 34.6 Å². The van der Waals surface area contributed by atoms with E-state index < -0.39 is 11.4 Å². The molecule has 1 aliphatic rings. The van der Waals surface area contributed by atoms with Crippen molar-refractivity contribution in [2.24, 2.45) is 5.92 Å². The SMILES string of the molecule is CC(CO)(NC(=O)Cc1ccc(F)cc1Cl)C1CC1. The highest BCUT2D eigenvalue weighted by Crippen LogP contribution is 2.39. The summed E-state index contributed by atoms with van der Waals surface area (Å²) in [5.41, 5.74) is 0.0144. The zero-order valence-corrected chi connectivity index (χ0v) is 11.5. The van der Waals surface area contributed by atoms with Crippen molar-refractivity contribution < 1.29 is 14.3 Å². The molecule has 1 aliphatic carbocycles. The van der Waals surface area contributed by atoms with Gasteiger partial charge in [-0.05, 0) is 43.4 Å². The minimum absolute atomic E-state index is 0.0828. The van der Waals surface area contributed by atoms with E-state index in [4.69, 9.17) is 11.6 Å². The second-order valence-corrected chi connectivity index (χ2v) is 5.72. The maximum atomic E-state index is 12.9. The van der Waals surface area contributed by atoms with Gasteiger partial charge in [0.2, 0.25) is 5.91 Å². The van der Waals surface area contributed by atoms with Crippen LogP contribution in [0.4, 0.5) is 4.39 Å². The molecule has 1 fully saturated rings. The summed E-state index contributed by atoms with van der Waals surface area (Å²) in [6, 6.07) is 3.97. The van der Waals surface area contributed by atoms with Gasteiger partial charge in [0, 0.05) is 5.02 Å². The summed E-state index contributed by atoms with van der Waals surface area (Å²) < 4.78 is 12.9. The van der Waals surface area contributed by atoms with Gasteiger partial charge in [0.05, 0.1) is 18.6 Å². The second kappa shape index (κ2) is 5.47. The Bertz CT molecular complexity index is 490. The van der Waals surface area contributed by atoms with E-state index in [9.17, 15) is 14.3 Å². The Hall–Kier alpha value is -1.13. The van der Waals surface area contributed by atoms with Gasteiger partial charge in [0.15, 0.2) is 0 Å². The highest BCUT2D eigenvalue weighted by atomic mass is 35.5. The second-order valence-electron chi connectivity index (χ2n) is 5.31. The van der Waals surface area contributed by atoms with E-state index in [-0.39, 0.29) is 24.0 Å². The monoisotopic (exact) mass is 285 g/mol. The number of hydrogen-bond acceptors (Lipinski definition) is 2. The number of rotatable bonds is 5. The smallest absolute Gasteiger partial charge is 0.224 e. The van der Waals surface area contributed by atoms with E-state index in [1.807, 2.05) is 6.92 Å². The van der Waals surface area contributed by atoms with E-state index in [0.717, 1.165) is 12.8 Å². The Morgan fingerprint density at radius 1 is 1.58 bits per heavy atom. The van der Waals surface area contributed by atoms with Gasteiger partial charge < -0.3 is 10.4 Å². The number of amides is 1. The van der Waals surface area contributed by atoms with E-state index in [1.165, 1.54) is 18.2 Å². The third-order valence-corrected chi connectivity index (χ3v) is 3.95. The van der Waals surface area contributed by atoms with E-state index in [1.54, 1.807) is 0 Å². The molecule has 1 unspecified atom stereocenters. The Morgan fingerprint density at radius 3 is 2.79 bits per heavy atom. The quantitative estimate of drug-likeness (QED) is 0.872. The minimum Gasteiger partial charge on any atom is -0.394 e. The molecule has 1 aromatic rings. The molecule has 0 aromatic heterocycles. The van der Waals surface area contributed by atoms with Crippen LogP contribution >= 0.6 is 11.6 Å². The predicted octanol–water partition coefficient (Wildman–Crippen LogP) is 2.30. The first-order valence-corrected chi connectivity index (χ1v) is 6.68. The molecule has 104 valence electrons. The summed E-state index contributed by atoms with van der Waals surface area (Å²) in [7, 11) is 0. The minimum atomic E-state index is -0.566. The van der Waals surface area contributed by atoms with E-state index >= 15 is 0 Å². The van der Waals surface area contributed by atoms with Crippen LogP contribution in [0, 0.1) is 11.7 Å². The molecule has 0 heterocycles. The standard InChI is InChI=1S/C14H17ClFNO2/c1-14(8-18,10-3-4-10)17-13(19)6-9-2-5-11(16)7-12(9)15/h2,5,7,10,18H,3-4,6,8H2,1H3,(H,17,19). The Morgan fingerprint density at radius 2 is 2.26 bits per heavy atom. The van der Waals surface area contributed by atoms with Crippen LogP contribution in [0.5, 0.6) is 0 Å². The fraction of sp³-hybridized carbons (Fsp3) is 0.500. The molecule has 0 spiro atoms. The van der Waals surface area contributed by atoms with Gasteiger partial charge in [-0.2, -0.15) is 0 Å². The molecule has 0 bridgehead atoms. The maximum Gasteiger partial charge on any atom is 0.224 e. The number of benzene rings is 1. The van der Waals surface area contributed by atoms with Crippen LogP contribution in [0.15, 0.2) is 18.2 Å². The summed E-state index contributed by atoms with van der Waals surface area (Å²) >= 11 is 5.88. The highest BCUT2D eigenvalue weighted by molar-refractivity contribution is 6.31. The molecule has 1 atom stereocenters. The van der Waals surface area contributed by atoms with Crippen LogP contribution in [0.25, 0.3) is 0 Å². The molecule has 2 N–H and O–H groups in total. The van der Waals surface area contributed by atoms with Gasteiger partial charge in [0.25, 0.3) is 0 Å². The topological polar surface area (TPSA) is 49.3 Å². The average molecular weight is 286 g/mol. The van der Waals surface area contributed by atoms with Gasteiger partial charge in [-0.15, -0.1) is 0 Å². The molecule has 0 radical (unpaired) electrons. The largest absolute Gasteiger partial charge is 0.394 e. The van der Waals surface area contributed by atoms with Gasteiger partial charge >= 0.3 is 0 Å².